The van der Waals surface area contributed by atoms with Gasteiger partial charge in [-0.1, -0.05) is 38.1 Å². The molecule has 1 N–H and O–H groups in total. The van der Waals surface area contributed by atoms with E-state index in [1.165, 1.54) is 4.90 Å². The molecule has 0 spiro atoms. The summed E-state index contributed by atoms with van der Waals surface area (Å²) in [7, 11) is -2.18. The third-order valence-electron chi connectivity index (χ3n) is 5.99. The van der Waals surface area contributed by atoms with Crippen LogP contribution < -0.4 is 14.4 Å². The van der Waals surface area contributed by atoms with E-state index in [9.17, 15) is 18.0 Å². The molecule has 2 rings (SSSR count). The molecule has 0 unspecified atom stereocenters. The molecule has 0 saturated heterocycles. The maximum atomic E-state index is 13.5. The zero-order chi connectivity index (χ0) is 26.2. The fraction of sp³-hybridized carbons (Fsp3) is 0.462. The molecule has 0 aliphatic heterocycles. The molecule has 0 aromatic heterocycles. The molecule has 0 fully saturated rings. The average Bonchev–Trinajstić information content (AvgIpc) is 2.84. The standard InChI is InChI=1S/C26H37N3O5S/c1-7-19(3)27-26(31)20(4)28(17-22-11-15-24(34-5)16-12-22)25(30)18-29(35(6,32)33)23-13-9-21(8-2)10-14-23/h9-16,19-20H,7-8,17-18H2,1-6H3,(H,27,31)/t19-,20+/m0/s1. The summed E-state index contributed by atoms with van der Waals surface area (Å²) in [5, 5.41) is 2.91. The van der Waals surface area contributed by atoms with E-state index < -0.39 is 28.5 Å². The largest absolute Gasteiger partial charge is 0.497 e. The first kappa shape index (κ1) is 28.2. The topological polar surface area (TPSA) is 96.0 Å². The maximum absolute atomic E-state index is 13.5. The molecule has 2 aromatic carbocycles. The minimum absolute atomic E-state index is 0.0486. The van der Waals surface area contributed by atoms with E-state index in [2.05, 4.69) is 5.32 Å². The second-order valence-electron chi connectivity index (χ2n) is 8.65. The Morgan fingerprint density at radius 2 is 1.54 bits per heavy atom. The number of amides is 2. The highest BCUT2D eigenvalue weighted by Gasteiger charge is 2.30. The predicted molar refractivity (Wildman–Crippen MR) is 139 cm³/mol. The minimum atomic E-state index is -3.75. The van der Waals surface area contributed by atoms with Crippen LogP contribution in [0.3, 0.4) is 0 Å². The zero-order valence-electron chi connectivity index (χ0n) is 21.4. The van der Waals surface area contributed by atoms with Crippen LogP contribution in [0.2, 0.25) is 0 Å². The van der Waals surface area contributed by atoms with Gasteiger partial charge in [-0.3, -0.25) is 13.9 Å². The van der Waals surface area contributed by atoms with Crippen LogP contribution in [0.5, 0.6) is 5.75 Å². The van der Waals surface area contributed by atoms with Gasteiger partial charge in [0.1, 0.15) is 18.3 Å². The number of benzene rings is 2. The summed E-state index contributed by atoms with van der Waals surface area (Å²) in [6.07, 6.45) is 2.64. The van der Waals surface area contributed by atoms with Crippen LogP contribution in [-0.2, 0) is 32.6 Å². The van der Waals surface area contributed by atoms with Crippen molar-refractivity contribution in [3.8, 4) is 5.75 Å². The molecule has 0 bridgehead atoms. The molecular weight excluding hydrogens is 466 g/mol. The molecule has 0 saturated carbocycles. The van der Waals surface area contributed by atoms with Gasteiger partial charge in [-0.25, -0.2) is 8.42 Å². The summed E-state index contributed by atoms with van der Waals surface area (Å²) in [6.45, 7) is 7.25. The Balaban J connectivity index is 2.37. The summed E-state index contributed by atoms with van der Waals surface area (Å²) in [5.41, 5.74) is 2.25. The van der Waals surface area contributed by atoms with Crippen molar-refractivity contribution in [3.63, 3.8) is 0 Å². The van der Waals surface area contributed by atoms with Gasteiger partial charge in [0, 0.05) is 12.6 Å². The number of carbonyl (C=O) groups excluding carboxylic acids is 2. The first-order valence-corrected chi connectivity index (χ1v) is 13.6. The van der Waals surface area contributed by atoms with Crippen molar-refractivity contribution in [1.29, 1.82) is 0 Å². The van der Waals surface area contributed by atoms with Crippen molar-refractivity contribution >= 4 is 27.5 Å². The number of aryl methyl sites for hydroxylation is 1. The summed E-state index contributed by atoms with van der Waals surface area (Å²) in [5.74, 6) is -0.0926. The Morgan fingerprint density at radius 3 is 2.03 bits per heavy atom. The van der Waals surface area contributed by atoms with Gasteiger partial charge in [-0.05, 0) is 62.1 Å². The van der Waals surface area contributed by atoms with E-state index in [4.69, 9.17) is 4.74 Å². The molecule has 0 aliphatic carbocycles. The number of hydrogen-bond donors (Lipinski definition) is 1. The van der Waals surface area contributed by atoms with Crippen LogP contribution >= 0.6 is 0 Å². The Kier molecular flexibility index (Phi) is 10.1. The lowest BCUT2D eigenvalue weighted by Gasteiger charge is -2.32. The van der Waals surface area contributed by atoms with Crippen molar-refractivity contribution in [2.75, 3.05) is 24.2 Å². The average molecular weight is 504 g/mol. The smallest absolute Gasteiger partial charge is 0.244 e. The molecular formula is C26H37N3O5S. The molecule has 35 heavy (non-hydrogen) atoms. The lowest BCUT2D eigenvalue weighted by Crippen LogP contribution is -2.52. The monoisotopic (exact) mass is 503 g/mol. The highest BCUT2D eigenvalue weighted by atomic mass is 32.2. The van der Waals surface area contributed by atoms with Gasteiger partial charge < -0.3 is 15.0 Å². The maximum Gasteiger partial charge on any atom is 0.244 e. The lowest BCUT2D eigenvalue weighted by atomic mass is 10.1. The highest BCUT2D eigenvalue weighted by Crippen LogP contribution is 2.21. The van der Waals surface area contributed by atoms with Crippen molar-refractivity contribution < 1.29 is 22.7 Å². The summed E-state index contributed by atoms with van der Waals surface area (Å²) in [6, 6.07) is 13.4. The van der Waals surface area contributed by atoms with E-state index in [1.54, 1.807) is 38.3 Å². The molecule has 9 heteroatoms. The van der Waals surface area contributed by atoms with Gasteiger partial charge in [0.05, 0.1) is 19.1 Å². The van der Waals surface area contributed by atoms with E-state index in [1.807, 2.05) is 45.0 Å². The lowest BCUT2D eigenvalue weighted by molar-refractivity contribution is -0.139. The summed E-state index contributed by atoms with van der Waals surface area (Å²) in [4.78, 5) is 27.9. The molecule has 0 aliphatic rings. The third kappa shape index (κ3) is 7.99. The zero-order valence-corrected chi connectivity index (χ0v) is 22.3. The summed E-state index contributed by atoms with van der Waals surface area (Å²) < 4.78 is 31.5. The summed E-state index contributed by atoms with van der Waals surface area (Å²) >= 11 is 0. The Labute approximate surface area is 209 Å². The second kappa shape index (κ2) is 12.6. The fourth-order valence-corrected chi connectivity index (χ4v) is 4.34. The predicted octanol–water partition coefficient (Wildman–Crippen LogP) is 3.36. The minimum Gasteiger partial charge on any atom is -0.497 e. The van der Waals surface area contributed by atoms with Gasteiger partial charge in [0.15, 0.2) is 0 Å². The molecule has 2 atom stereocenters. The third-order valence-corrected chi connectivity index (χ3v) is 7.13. The number of nitrogens with one attached hydrogen (secondary N) is 1. The molecule has 8 nitrogen and oxygen atoms in total. The van der Waals surface area contributed by atoms with Crippen LogP contribution in [0.15, 0.2) is 48.5 Å². The van der Waals surface area contributed by atoms with E-state index in [-0.39, 0.29) is 18.5 Å². The van der Waals surface area contributed by atoms with Crippen LogP contribution in [0.25, 0.3) is 0 Å². The molecule has 2 aromatic rings. The Hall–Kier alpha value is -3.07. The first-order chi connectivity index (χ1) is 16.5. The number of ether oxygens (including phenoxy) is 1. The van der Waals surface area contributed by atoms with E-state index in [0.717, 1.165) is 34.5 Å². The quantitative estimate of drug-likeness (QED) is 0.479. The van der Waals surface area contributed by atoms with Crippen molar-refractivity contribution in [2.45, 2.75) is 59.2 Å². The van der Waals surface area contributed by atoms with Gasteiger partial charge in [0.25, 0.3) is 0 Å². The fourth-order valence-electron chi connectivity index (χ4n) is 3.49. The van der Waals surface area contributed by atoms with E-state index >= 15 is 0 Å². The van der Waals surface area contributed by atoms with Gasteiger partial charge in [0.2, 0.25) is 21.8 Å². The Bertz CT molecular complexity index is 1080. The van der Waals surface area contributed by atoms with Crippen LogP contribution in [0.1, 0.15) is 45.2 Å². The first-order valence-electron chi connectivity index (χ1n) is 11.8. The van der Waals surface area contributed by atoms with Crippen LogP contribution in [0, 0.1) is 0 Å². The SMILES string of the molecule is CCc1ccc(N(CC(=O)N(Cc2ccc(OC)cc2)[C@H](C)C(=O)N[C@@H](C)CC)S(C)(=O)=O)cc1. The Morgan fingerprint density at radius 1 is 0.971 bits per heavy atom. The normalized spacial score (nSPS) is 13.0. The van der Waals surface area contributed by atoms with E-state index in [0.29, 0.717) is 11.4 Å². The molecule has 192 valence electrons. The molecule has 2 amide bonds. The van der Waals surface area contributed by atoms with Gasteiger partial charge in [-0.15, -0.1) is 0 Å². The highest BCUT2D eigenvalue weighted by molar-refractivity contribution is 7.92. The van der Waals surface area contributed by atoms with Gasteiger partial charge in [-0.2, -0.15) is 0 Å². The number of anilines is 1. The molecule has 0 radical (unpaired) electrons. The van der Waals surface area contributed by atoms with Crippen LogP contribution in [0.4, 0.5) is 5.69 Å². The number of nitrogens with zero attached hydrogens (tertiary/aromatic N) is 2. The van der Waals surface area contributed by atoms with Crippen molar-refractivity contribution in [3.05, 3.63) is 59.7 Å². The van der Waals surface area contributed by atoms with Crippen molar-refractivity contribution in [2.24, 2.45) is 0 Å². The number of rotatable bonds is 12. The number of hydrogen-bond acceptors (Lipinski definition) is 5. The molecule has 0 heterocycles. The number of methoxy groups -OCH3 is 1. The number of sulfonamides is 1. The van der Waals surface area contributed by atoms with Crippen molar-refractivity contribution in [1.82, 2.24) is 10.2 Å². The van der Waals surface area contributed by atoms with Crippen LogP contribution in [-0.4, -0.2) is 57.1 Å². The second-order valence-corrected chi connectivity index (χ2v) is 10.6. The van der Waals surface area contributed by atoms with Gasteiger partial charge >= 0.3 is 0 Å². The number of carbonyl (C=O) groups is 2.